The van der Waals surface area contributed by atoms with Crippen molar-refractivity contribution in [2.75, 3.05) is 24.5 Å². The van der Waals surface area contributed by atoms with E-state index in [1.807, 2.05) is 0 Å². The van der Waals surface area contributed by atoms with Crippen molar-refractivity contribution in [1.82, 2.24) is 10.2 Å². The van der Waals surface area contributed by atoms with Crippen LogP contribution in [0, 0.1) is 11.8 Å². The summed E-state index contributed by atoms with van der Waals surface area (Å²) in [6.45, 7) is -0.916. The van der Waals surface area contributed by atoms with Crippen LogP contribution >= 0.6 is 0 Å². The highest BCUT2D eigenvalue weighted by molar-refractivity contribution is 6.01. The van der Waals surface area contributed by atoms with Crippen LogP contribution in [0.1, 0.15) is 6.42 Å². The first-order valence-corrected chi connectivity index (χ1v) is 8.40. The number of benzene rings is 1. The summed E-state index contributed by atoms with van der Waals surface area (Å²) in [5.41, 5.74) is 0.670. The van der Waals surface area contributed by atoms with Crippen molar-refractivity contribution in [3.05, 3.63) is 30.3 Å². The van der Waals surface area contributed by atoms with E-state index in [1.165, 1.54) is 4.90 Å². The molecule has 0 aliphatic carbocycles. The van der Waals surface area contributed by atoms with Crippen molar-refractivity contribution in [3.63, 3.8) is 0 Å². The van der Waals surface area contributed by atoms with Crippen molar-refractivity contribution in [3.8, 4) is 0 Å². The van der Waals surface area contributed by atoms with Crippen LogP contribution in [0.3, 0.4) is 0 Å². The highest BCUT2D eigenvalue weighted by Gasteiger charge is 2.53. The summed E-state index contributed by atoms with van der Waals surface area (Å²) >= 11 is 0. The van der Waals surface area contributed by atoms with Crippen LogP contribution in [-0.2, 0) is 9.59 Å². The molecule has 0 aromatic heterocycles. The number of urea groups is 1. The Morgan fingerprint density at radius 3 is 2.37 bits per heavy atom. The zero-order valence-corrected chi connectivity index (χ0v) is 14.1. The molecule has 0 saturated carbocycles. The van der Waals surface area contributed by atoms with E-state index in [1.54, 1.807) is 30.3 Å². The number of alkyl halides is 3. The second kappa shape index (κ2) is 7.09. The van der Waals surface area contributed by atoms with Crippen molar-refractivity contribution < 1.29 is 32.7 Å². The lowest BCUT2D eigenvalue weighted by Crippen LogP contribution is -2.47. The lowest BCUT2D eigenvalue weighted by Gasteiger charge is -2.21. The van der Waals surface area contributed by atoms with E-state index < -0.39 is 49.1 Å². The molecule has 2 aliphatic heterocycles. The van der Waals surface area contributed by atoms with Crippen molar-refractivity contribution in [2.24, 2.45) is 11.8 Å². The Hall–Kier alpha value is -2.78. The van der Waals surface area contributed by atoms with Crippen LogP contribution in [-0.4, -0.2) is 59.8 Å². The van der Waals surface area contributed by atoms with Gasteiger partial charge in [-0.1, -0.05) is 18.2 Å². The van der Waals surface area contributed by atoms with Crippen molar-refractivity contribution >= 4 is 23.6 Å². The van der Waals surface area contributed by atoms with Gasteiger partial charge in [0.15, 0.2) is 0 Å². The van der Waals surface area contributed by atoms with Crippen LogP contribution < -0.4 is 10.2 Å². The second-order valence-corrected chi connectivity index (χ2v) is 6.61. The van der Waals surface area contributed by atoms with Crippen LogP contribution in [0.25, 0.3) is 0 Å². The number of hydrogen-bond acceptors (Lipinski definition) is 3. The van der Waals surface area contributed by atoms with Gasteiger partial charge < -0.3 is 20.2 Å². The number of halogens is 3. The number of nitrogens with one attached hydrogen (secondary N) is 1. The first kappa shape index (κ1) is 19.0. The van der Waals surface area contributed by atoms with E-state index in [4.69, 9.17) is 5.11 Å². The molecule has 3 rings (SSSR count). The SMILES string of the molecule is O=C(O)[C@@H]1CN(C(=O)NC2CCN(c3ccccc3)C2=O)C[C@H]1C(F)(F)F. The fourth-order valence-electron chi connectivity index (χ4n) is 3.47. The lowest BCUT2D eigenvalue weighted by molar-refractivity contribution is -0.187. The van der Waals surface area contributed by atoms with Crippen LogP contribution in [0.15, 0.2) is 30.3 Å². The predicted molar refractivity (Wildman–Crippen MR) is 88.0 cm³/mol. The van der Waals surface area contributed by atoms with Crippen LogP contribution in [0.4, 0.5) is 23.7 Å². The minimum absolute atomic E-state index is 0.318. The molecule has 3 atom stereocenters. The number of amides is 3. The number of nitrogens with zero attached hydrogens (tertiary/aromatic N) is 2. The fourth-order valence-corrected chi connectivity index (χ4v) is 3.47. The van der Waals surface area contributed by atoms with Gasteiger partial charge >= 0.3 is 18.2 Å². The molecule has 1 unspecified atom stereocenters. The average molecular weight is 385 g/mol. The van der Waals surface area contributed by atoms with E-state index in [0.29, 0.717) is 18.7 Å². The summed E-state index contributed by atoms with van der Waals surface area (Å²) in [6, 6.07) is 7.10. The average Bonchev–Trinajstić information content (AvgIpc) is 3.21. The third kappa shape index (κ3) is 3.83. The molecule has 7 nitrogen and oxygen atoms in total. The van der Waals surface area contributed by atoms with E-state index in [9.17, 15) is 27.6 Å². The summed E-state index contributed by atoms with van der Waals surface area (Å²) < 4.78 is 39.1. The van der Waals surface area contributed by atoms with Gasteiger partial charge in [-0.3, -0.25) is 9.59 Å². The van der Waals surface area contributed by atoms with E-state index >= 15 is 0 Å². The molecule has 1 aromatic rings. The predicted octanol–water partition coefficient (Wildman–Crippen LogP) is 1.70. The quantitative estimate of drug-likeness (QED) is 0.829. The van der Waals surface area contributed by atoms with E-state index in [0.717, 1.165) is 4.90 Å². The summed E-state index contributed by atoms with van der Waals surface area (Å²) in [6.07, 6.45) is -4.40. The highest BCUT2D eigenvalue weighted by atomic mass is 19.4. The molecule has 0 radical (unpaired) electrons. The van der Waals surface area contributed by atoms with Gasteiger partial charge in [-0.15, -0.1) is 0 Å². The first-order valence-electron chi connectivity index (χ1n) is 8.40. The Kier molecular flexibility index (Phi) is 4.99. The molecule has 1 aromatic carbocycles. The Balaban J connectivity index is 1.64. The number of carboxylic acid groups (broad SMARTS) is 1. The molecule has 2 N–H and O–H groups in total. The number of carboxylic acids is 1. The van der Waals surface area contributed by atoms with Crippen LogP contribution in [0.5, 0.6) is 0 Å². The normalized spacial score (nSPS) is 25.7. The zero-order valence-electron chi connectivity index (χ0n) is 14.1. The number of para-hydroxylation sites is 1. The Morgan fingerprint density at radius 2 is 1.81 bits per heavy atom. The van der Waals surface area contributed by atoms with Gasteiger partial charge in [0.25, 0.3) is 0 Å². The van der Waals surface area contributed by atoms with Crippen LogP contribution in [0.2, 0.25) is 0 Å². The number of likely N-dealkylation sites (tertiary alicyclic amines) is 1. The fraction of sp³-hybridized carbons (Fsp3) is 0.471. The molecule has 2 aliphatic rings. The maximum absolute atomic E-state index is 13.0. The highest BCUT2D eigenvalue weighted by Crippen LogP contribution is 2.37. The molecule has 0 bridgehead atoms. The molecule has 27 heavy (non-hydrogen) atoms. The van der Waals surface area contributed by atoms with E-state index in [-0.39, 0.29) is 5.91 Å². The first-order chi connectivity index (χ1) is 12.7. The number of hydrogen-bond donors (Lipinski definition) is 2. The van der Waals surface area contributed by atoms with Gasteiger partial charge in [0.05, 0.1) is 11.8 Å². The molecule has 2 saturated heterocycles. The molecule has 10 heteroatoms. The number of anilines is 1. The molecule has 0 spiro atoms. The van der Waals surface area contributed by atoms with Gasteiger partial charge in [-0.05, 0) is 18.6 Å². The van der Waals surface area contributed by atoms with Gasteiger partial charge in [-0.2, -0.15) is 13.2 Å². The molecule has 2 fully saturated rings. The summed E-state index contributed by atoms with van der Waals surface area (Å²) in [5, 5.41) is 11.5. The molecular formula is C17H18F3N3O4. The Bertz CT molecular complexity index is 741. The standard InChI is InChI=1S/C17H18F3N3O4/c18-17(19,20)12-9-22(8-11(12)15(25)26)16(27)21-13-6-7-23(14(13)24)10-4-2-1-3-5-10/h1-5,11-13H,6-9H2,(H,21,27)(H,25,26)/t11-,12-,13?/m1/s1. The summed E-state index contributed by atoms with van der Waals surface area (Å²) in [7, 11) is 0. The maximum atomic E-state index is 13.0. The smallest absolute Gasteiger partial charge is 0.394 e. The number of aliphatic carboxylic acids is 1. The Morgan fingerprint density at radius 1 is 1.15 bits per heavy atom. The number of carbonyl (C=O) groups excluding carboxylic acids is 2. The van der Waals surface area contributed by atoms with Gasteiger partial charge in [0, 0.05) is 25.3 Å². The third-order valence-electron chi connectivity index (χ3n) is 4.92. The summed E-state index contributed by atoms with van der Waals surface area (Å²) in [5.74, 6) is -5.78. The molecule has 2 heterocycles. The van der Waals surface area contributed by atoms with Crippen molar-refractivity contribution in [1.29, 1.82) is 0 Å². The Labute approximate surface area is 152 Å². The molecule has 146 valence electrons. The molecule has 3 amide bonds. The largest absolute Gasteiger partial charge is 0.481 e. The number of rotatable bonds is 3. The molecular weight excluding hydrogens is 367 g/mol. The monoisotopic (exact) mass is 385 g/mol. The second-order valence-electron chi connectivity index (χ2n) is 6.61. The van der Waals surface area contributed by atoms with Gasteiger partial charge in [0.2, 0.25) is 5.91 Å². The summed E-state index contributed by atoms with van der Waals surface area (Å²) in [4.78, 5) is 38.2. The minimum Gasteiger partial charge on any atom is -0.481 e. The zero-order chi connectivity index (χ0) is 19.8. The van der Waals surface area contributed by atoms with Gasteiger partial charge in [0.1, 0.15) is 6.04 Å². The number of carbonyl (C=O) groups is 3. The third-order valence-corrected chi connectivity index (χ3v) is 4.92. The maximum Gasteiger partial charge on any atom is 0.394 e. The minimum atomic E-state index is -4.72. The van der Waals surface area contributed by atoms with E-state index in [2.05, 4.69) is 5.32 Å². The lowest BCUT2D eigenvalue weighted by atomic mass is 9.96. The van der Waals surface area contributed by atoms with Gasteiger partial charge in [-0.25, -0.2) is 4.79 Å². The topological polar surface area (TPSA) is 89.9 Å². The van der Waals surface area contributed by atoms with Crippen molar-refractivity contribution in [2.45, 2.75) is 18.6 Å².